The topological polar surface area (TPSA) is 48.0 Å². The Hall–Kier alpha value is -1.73. The van der Waals surface area contributed by atoms with E-state index in [1.807, 2.05) is 4.90 Å². The van der Waals surface area contributed by atoms with Crippen LogP contribution in [0.5, 0.6) is 11.5 Å². The Morgan fingerprint density at radius 3 is 2.88 bits per heavy atom. The minimum atomic E-state index is -2.88. The first kappa shape index (κ1) is 17.1. The maximum absolute atomic E-state index is 12.6. The van der Waals surface area contributed by atoms with Crippen molar-refractivity contribution in [3.63, 3.8) is 0 Å². The molecule has 1 aliphatic carbocycles. The fraction of sp³-hybridized carbons (Fsp3) is 0.588. The van der Waals surface area contributed by atoms with Gasteiger partial charge in [0.2, 0.25) is 0 Å². The van der Waals surface area contributed by atoms with Crippen LogP contribution in [0.15, 0.2) is 18.2 Å². The SMILES string of the molecule is COc1ccc(OC(F)F)c(CN2CCO[C@@H](C(=O)C3CC3)C2)c1. The van der Waals surface area contributed by atoms with Crippen molar-refractivity contribution in [1.82, 2.24) is 4.90 Å². The second-order valence-electron chi connectivity index (χ2n) is 6.12. The van der Waals surface area contributed by atoms with Crippen molar-refractivity contribution >= 4 is 5.78 Å². The van der Waals surface area contributed by atoms with Crippen LogP contribution in [0.2, 0.25) is 0 Å². The predicted octanol–water partition coefficient (Wildman–Crippen LogP) is 2.48. The van der Waals surface area contributed by atoms with Crippen LogP contribution in [0, 0.1) is 5.92 Å². The summed E-state index contributed by atoms with van der Waals surface area (Å²) in [5.41, 5.74) is 0.606. The molecule has 0 aromatic heterocycles. The number of carbonyl (C=O) groups excluding carboxylic acids is 1. The number of hydrogen-bond donors (Lipinski definition) is 0. The number of morpholine rings is 1. The monoisotopic (exact) mass is 341 g/mol. The lowest BCUT2D eigenvalue weighted by Crippen LogP contribution is -2.46. The molecular formula is C17H21F2NO4. The molecule has 0 unspecified atom stereocenters. The van der Waals surface area contributed by atoms with Crippen molar-refractivity contribution < 1.29 is 27.8 Å². The molecule has 7 heteroatoms. The summed E-state index contributed by atoms with van der Waals surface area (Å²) in [7, 11) is 1.52. The molecule has 5 nitrogen and oxygen atoms in total. The molecule has 1 atom stereocenters. The van der Waals surface area contributed by atoms with Crippen molar-refractivity contribution in [2.75, 3.05) is 26.8 Å². The predicted molar refractivity (Wildman–Crippen MR) is 82.4 cm³/mol. The van der Waals surface area contributed by atoms with Crippen molar-refractivity contribution in [2.24, 2.45) is 5.92 Å². The summed E-state index contributed by atoms with van der Waals surface area (Å²) >= 11 is 0. The van der Waals surface area contributed by atoms with Crippen LogP contribution in [0.1, 0.15) is 18.4 Å². The van der Waals surface area contributed by atoms with Gasteiger partial charge in [0.1, 0.15) is 17.6 Å². The molecule has 132 valence electrons. The van der Waals surface area contributed by atoms with Gasteiger partial charge in [0.25, 0.3) is 0 Å². The molecule has 24 heavy (non-hydrogen) atoms. The Balaban J connectivity index is 1.70. The largest absolute Gasteiger partial charge is 0.497 e. The number of rotatable bonds is 7. The van der Waals surface area contributed by atoms with E-state index in [-0.39, 0.29) is 17.5 Å². The van der Waals surface area contributed by atoms with E-state index in [1.165, 1.54) is 13.2 Å². The van der Waals surface area contributed by atoms with E-state index in [2.05, 4.69) is 4.74 Å². The Morgan fingerprint density at radius 2 is 2.21 bits per heavy atom. The van der Waals surface area contributed by atoms with Gasteiger partial charge in [0.15, 0.2) is 5.78 Å². The zero-order valence-electron chi connectivity index (χ0n) is 13.5. The molecule has 1 aromatic rings. The van der Waals surface area contributed by atoms with Gasteiger partial charge in [-0.05, 0) is 31.0 Å². The number of benzene rings is 1. The van der Waals surface area contributed by atoms with Gasteiger partial charge in [0.05, 0.1) is 13.7 Å². The van der Waals surface area contributed by atoms with Crippen molar-refractivity contribution in [1.29, 1.82) is 0 Å². The number of carbonyl (C=O) groups is 1. The molecule has 1 saturated heterocycles. The highest BCUT2D eigenvalue weighted by Crippen LogP contribution is 2.33. The zero-order chi connectivity index (χ0) is 17.1. The van der Waals surface area contributed by atoms with Crippen LogP contribution in [0.25, 0.3) is 0 Å². The van der Waals surface area contributed by atoms with Gasteiger partial charge in [0, 0.05) is 31.1 Å². The van der Waals surface area contributed by atoms with E-state index in [0.717, 1.165) is 12.8 Å². The first-order chi connectivity index (χ1) is 11.6. The summed E-state index contributed by atoms with van der Waals surface area (Å²) in [6.45, 7) is -0.915. The Morgan fingerprint density at radius 1 is 1.42 bits per heavy atom. The standard InChI is InChI=1S/C17H21F2NO4/c1-22-13-4-5-14(24-17(18)19)12(8-13)9-20-6-7-23-15(10-20)16(21)11-2-3-11/h4-5,8,11,15,17H,2-3,6-7,9-10H2,1H3/t15-/m1/s1. The van der Waals surface area contributed by atoms with Crippen LogP contribution in [0.3, 0.4) is 0 Å². The Kier molecular flexibility index (Phi) is 5.30. The molecule has 1 aromatic carbocycles. The molecule has 3 rings (SSSR count). The van der Waals surface area contributed by atoms with Crippen LogP contribution in [-0.4, -0.2) is 50.2 Å². The third-order valence-corrected chi connectivity index (χ3v) is 4.33. The average Bonchev–Trinajstić information content (AvgIpc) is 3.40. The molecule has 1 aliphatic heterocycles. The minimum Gasteiger partial charge on any atom is -0.497 e. The van der Waals surface area contributed by atoms with Gasteiger partial charge in [-0.2, -0.15) is 8.78 Å². The second-order valence-corrected chi connectivity index (χ2v) is 6.12. The number of halogens is 2. The molecule has 2 aliphatic rings. The van der Waals surface area contributed by atoms with Gasteiger partial charge in [-0.25, -0.2) is 0 Å². The summed E-state index contributed by atoms with van der Waals surface area (Å²) in [6.07, 6.45) is 1.47. The quantitative estimate of drug-likeness (QED) is 0.763. The van der Waals surface area contributed by atoms with Crippen molar-refractivity contribution in [3.8, 4) is 11.5 Å². The molecule has 0 bridgehead atoms. The fourth-order valence-corrected chi connectivity index (χ4v) is 2.91. The Bertz CT molecular complexity index is 592. The normalized spacial score (nSPS) is 21.8. The zero-order valence-corrected chi connectivity index (χ0v) is 13.5. The second kappa shape index (κ2) is 7.44. The smallest absolute Gasteiger partial charge is 0.387 e. The lowest BCUT2D eigenvalue weighted by molar-refractivity contribution is -0.137. The number of Topliss-reactive ketones (excluding diaryl/α,β-unsaturated/α-hetero) is 1. The number of hydrogen-bond acceptors (Lipinski definition) is 5. The molecule has 1 saturated carbocycles. The third-order valence-electron chi connectivity index (χ3n) is 4.33. The maximum Gasteiger partial charge on any atom is 0.387 e. The molecule has 0 N–H and O–H groups in total. The van der Waals surface area contributed by atoms with Crippen LogP contribution < -0.4 is 9.47 Å². The number of methoxy groups -OCH3 is 1. The highest BCUT2D eigenvalue weighted by Gasteiger charge is 2.37. The molecule has 2 fully saturated rings. The average molecular weight is 341 g/mol. The number of nitrogens with zero attached hydrogens (tertiary/aromatic N) is 1. The van der Waals surface area contributed by atoms with Crippen LogP contribution in [-0.2, 0) is 16.1 Å². The summed E-state index contributed by atoms with van der Waals surface area (Å²) in [4.78, 5) is 14.2. The summed E-state index contributed by atoms with van der Waals surface area (Å²) in [5, 5.41) is 0. The van der Waals surface area contributed by atoms with Crippen molar-refractivity contribution in [2.45, 2.75) is 32.1 Å². The molecule has 0 radical (unpaired) electrons. The highest BCUT2D eigenvalue weighted by molar-refractivity contribution is 5.87. The lowest BCUT2D eigenvalue weighted by atomic mass is 10.1. The Labute approximate surface area is 139 Å². The van der Waals surface area contributed by atoms with Gasteiger partial charge in [-0.15, -0.1) is 0 Å². The molecular weight excluding hydrogens is 320 g/mol. The molecule has 0 amide bonds. The van der Waals surface area contributed by atoms with Gasteiger partial charge in [-0.3, -0.25) is 9.69 Å². The molecule has 0 spiro atoms. The van der Waals surface area contributed by atoms with Gasteiger partial charge >= 0.3 is 6.61 Å². The summed E-state index contributed by atoms with van der Waals surface area (Å²) in [6, 6.07) is 4.75. The van der Waals surface area contributed by atoms with E-state index in [0.29, 0.717) is 37.6 Å². The first-order valence-electron chi connectivity index (χ1n) is 8.06. The van der Waals surface area contributed by atoms with Crippen molar-refractivity contribution in [3.05, 3.63) is 23.8 Å². The minimum absolute atomic E-state index is 0.127. The lowest BCUT2D eigenvalue weighted by Gasteiger charge is -2.32. The van der Waals surface area contributed by atoms with E-state index in [9.17, 15) is 13.6 Å². The summed E-state index contributed by atoms with van der Waals surface area (Å²) in [5.74, 6) is 1.01. The molecule has 1 heterocycles. The highest BCUT2D eigenvalue weighted by atomic mass is 19.3. The maximum atomic E-state index is 12.6. The van der Waals surface area contributed by atoms with Gasteiger partial charge < -0.3 is 14.2 Å². The summed E-state index contributed by atoms with van der Waals surface area (Å²) < 4.78 is 40.5. The van der Waals surface area contributed by atoms with Crippen LogP contribution >= 0.6 is 0 Å². The number of alkyl halides is 2. The number of ketones is 1. The number of ether oxygens (including phenoxy) is 3. The third kappa shape index (κ3) is 4.21. The van der Waals surface area contributed by atoms with Crippen LogP contribution in [0.4, 0.5) is 8.78 Å². The van der Waals surface area contributed by atoms with Gasteiger partial charge in [-0.1, -0.05) is 0 Å². The van der Waals surface area contributed by atoms with E-state index >= 15 is 0 Å². The van der Waals surface area contributed by atoms with E-state index in [1.54, 1.807) is 12.1 Å². The van der Waals surface area contributed by atoms with E-state index in [4.69, 9.17) is 9.47 Å². The first-order valence-corrected chi connectivity index (χ1v) is 8.06. The fourth-order valence-electron chi connectivity index (χ4n) is 2.91. The van der Waals surface area contributed by atoms with E-state index < -0.39 is 12.7 Å².